The maximum Gasteiger partial charge on any atom is 0.225 e. The number of aromatic nitrogens is 4. The van der Waals surface area contributed by atoms with Crippen LogP contribution in [0.4, 0.5) is 5.95 Å². The molecule has 194 valence electrons. The van der Waals surface area contributed by atoms with E-state index in [9.17, 15) is 0 Å². The maximum absolute atomic E-state index is 5.60. The molecule has 4 aromatic rings. The number of benzene rings is 1. The molecule has 6 rings (SSSR count). The van der Waals surface area contributed by atoms with Gasteiger partial charge in [-0.15, -0.1) is 5.10 Å². The zero-order chi connectivity index (χ0) is 25.2. The number of hydrogen-bond donors (Lipinski definition) is 1. The lowest BCUT2D eigenvalue weighted by molar-refractivity contribution is 0.244. The molecule has 37 heavy (non-hydrogen) atoms. The quantitative estimate of drug-likeness (QED) is 0.362. The van der Waals surface area contributed by atoms with Crippen LogP contribution in [0.25, 0.3) is 17.2 Å². The van der Waals surface area contributed by atoms with Crippen LogP contribution in [-0.2, 0) is 19.5 Å². The maximum atomic E-state index is 5.60. The Hall–Kier alpha value is -3.59. The van der Waals surface area contributed by atoms with Gasteiger partial charge in [-0.3, -0.25) is 4.90 Å². The molecule has 0 unspecified atom stereocenters. The van der Waals surface area contributed by atoms with Crippen LogP contribution < -0.4 is 14.8 Å². The average molecular weight is 503 g/mol. The number of nitrogens with zero attached hydrogens (tertiary/aromatic N) is 5. The summed E-state index contributed by atoms with van der Waals surface area (Å²) in [6.45, 7) is 3.40. The molecule has 3 aromatic heterocycles. The fraction of sp³-hybridized carbons (Fsp3) is 0.464. The third-order valence-corrected chi connectivity index (χ3v) is 7.64. The average Bonchev–Trinajstić information content (AvgIpc) is 3.63. The number of nitrogens with one attached hydrogen (secondary N) is 1. The van der Waals surface area contributed by atoms with Gasteiger partial charge in [-0.2, -0.15) is 4.52 Å². The van der Waals surface area contributed by atoms with Gasteiger partial charge in [0.1, 0.15) is 0 Å². The molecule has 1 fully saturated rings. The van der Waals surface area contributed by atoms with E-state index in [-0.39, 0.29) is 0 Å². The van der Waals surface area contributed by atoms with Crippen molar-refractivity contribution in [1.82, 2.24) is 24.5 Å². The molecule has 1 aliphatic carbocycles. The third-order valence-electron chi connectivity index (χ3n) is 7.64. The Labute approximate surface area is 216 Å². The molecule has 0 saturated heterocycles. The zero-order valence-electron chi connectivity index (χ0n) is 21.6. The Morgan fingerprint density at radius 2 is 1.89 bits per heavy atom. The Kier molecular flexibility index (Phi) is 6.70. The second-order valence-electron chi connectivity index (χ2n) is 10.1. The lowest BCUT2D eigenvalue weighted by Crippen LogP contribution is -2.30. The number of furan rings is 1. The van der Waals surface area contributed by atoms with Crippen molar-refractivity contribution in [2.45, 2.75) is 51.6 Å². The van der Waals surface area contributed by atoms with Gasteiger partial charge in [0.05, 0.1) is 20.5 Å². The van der Waals surface area contributed by atoms with Gasteiger partial charge < -0.3 is 19.2 Å². The molecule has 0 atom stereocenters. The molecule has 4 heterocycles. The molecule has 1 N–H and O–H groups in total. The second kappa shape index (κ2) is 10.4. The lowest BCUT2D eigenvalue weighted by atomic mass is 9.89. The lowest BCUT2D eigenvalue weighted by Gasteiger charge is -2.29. The molecule has 1 aliphatic heterocycles. The van der Waals surface area contributed by atoms with Crippen LogP contribution in [-0.4, -0.2) is 51.8 Å². The summed E-state index contributed by atoms with van der Waals surface area (Å²) in [7, 11) is 3.36. The Morgan fingerprint density at radius 1 is 1.08 bits per heavy atom. The number of hydrogen-bond acceptors (Lipinski definition) is 8. The fourth-order valence-corrected chi connectivity index (χ4v) is 5.61. The number of rotatable bonds is 8. The third kappa shape index (κ3) is 4.87. The van der Waals surface area contributed by atoms with Crippen LogP contribution in [0, 0.1) is 5.92 Å². The summed E-state index contributed by atoms with van der Waals surface area (Å²) < 4.78 is 18.5. The predicted octanol–water partition coefficient (Wildman–Crippen LogP) is 4.95. The van der Waals surface area contributed by atoms with Crippen LogP contribution >= 0.6 is 0 Å². The fourth-order valence-electron chi connectivity index (χ4n) is 5.61. The number of fused-ring (bicyclic) bond motifs is 2. The van der Waals surface area contributed by atoms with Gasteiger partial charge in [0.15, 0.2) is 22.9 Å². The highest BCUT2D eigenvalue weighted by molar-refractivity contribution is 5.58. The van der Waals surface area contributed by atoms with Gasteiger partial charge in [0, 0.05) is 37.9 Å². The standard InChI is InChI=1S/C28H34N6O3/c1-35-24-13-20-10-11-33(17-21(20)14-25(24)36-2)18-22-16-30-28(29-15-19-7-4-3-5-8-19)34-27(22)31-26(32-34)23-9-6-12-37-23/h6,9,12-14,16,19H,3-5,7-8,10-11,15,17-18H2,1-2H3,(H,29,30). The van der Waals surface area contributed by atoms with E-state index in [1.807, 2.05) is 22.8 Å². The van der Waals surface area contributed by atoms with Crippen LogP contribution in [0.15, 0.2) is 41.1 Å². The first-order valence-electron chi connectivity index (χ1n) is 13.2. The smallest absolute Gasteiger partial charge is 0.225 e. The summed E-state index contributed by atoms with van der Waals surface area (Å²) in [6.07, 6.45) is 11.1. The molecular formula is C28H34N6O3. The molecule has 1 aromatic carbocycles. The minimum Gasteiger partial charge on any atom is -0.493 e. The second-order valence-corrected chi connectivity index (χ2v) is 10.1. The van der Waals surface area contributed by atoms with Gasteiger partial charge in [-0.1, -0.05) is 19.3 Å². The van der Waals surface area contributed by atoms with Crippen molar-refractivity contribution in [1.29, 1.82) is 0 Å². The first-order valence-corrected chi connectivity index (χ1v) is 13.2. The number of anilines is 1. The van der Waals surface area contributed by atoms with Crippen molar-refractivity contribution in [3.8, 4) is 23.1 Å². The Bertz CT molecular complexity index is 1360. The molecule has 9 heteroatoms. The van der Waals surface area contributed by atoms with E-state index in [1.54, 1.807) is 20.5 Å². The minimum atomic E-state index is 0.570. The van der Waals surface area contributed by atoms with E-state index >= 15 is 0 Å². The topological polar surface area (TPSA) is 90.0 Å². The highest BCUT2D eigenvalue weighted by Gasteiger charge is 2.23. The van der Waals surface area contributed by atoms with E-state index in [0.717, 1.165) is 61.3 Å². The first kappa shape index (κ1) is 23.8. The highest BCUT2D eigenvalue weighted by atomic mass is 16.5. The van der Waals surface area contributed by atoms with Crippen LogP contribution in [0.5, 0.6) is 11.5 Å². The van der Waals surface area contributed by atoms with Gasteiger partial charge in [-0.25, -0.2) is 9.97 Å². The first-order chi connectivity index (χ1) is 18.2. The summed E-state index contributed by atoms with van der Waals surface area (Å²) in [5.74, 6) is 4.19. The normalized spacial score (nSPS) is 16.6. The molecule has 0 radical (unpaired) electrons. The monoisotopic (exact) mass is 502 g/mol. The molecule has 9 nitrogen and oxygen atoms in total. The van der Waals surface area contributed by atoms with Crippen molar-refractivity contribution < 1.29 is 13.9 Å². The molecular weight excluding hydrogens is 468 g/mol. The highest BCUT2D eigenvalue weighted by Crippen LogP contribution is 2.34. The van der Waals surface area contributed by atoms with Crippen molar-refractivity contribution >= 4 is 11.6 Å². The van der Waals surface area contributed by atoms with Crippen molar-refractivity contribution in [3.63, 3.8) is 0 Å². The van der Waals surface area contributed by atoms with Crippen LogP contribution in [0.2, 0.25) is 0 Å². The van der Waals surface area contributed by atoms with E-state index in [1.165, 1.54) is 43.2 Å². The summed E-state index contributed by atoms with van der Waals surface area (Å²) in [5.41, 5.74) is 4.42. The van der Waals surface area contributed by atoms with E-state index in [0.29, 0.717) is 17.5 Å². The summed E-state index contributed by atoms with van der Waals surface area (Å²) in [6, 6.07) is 7.95. The summed E-state index contributed by atoms with van der Waals surface area (Å²) in [5, 5.41) is 8.35. The number of ether oxygens (including phenoxy) is 2. The van der Waals surface area contributed by atoms with Crippen molar-refractivity contribution in [2.75, 3.05) is 32.6 Å². The zero-order valence-corrected chi connectivity index (χ0v) is 21.6. The van der Waals surface area contributed by atoms with Gasteiger partial charge in [0.2, 0.25) is 11.8 Å². The van der Waals surface area contributed by atoms with Crippen molar-refractivity contribution in [2.24, 2.45) is 5.92 Å². The molecule has 0 bridgehead atoms. The van der Waals surface area contributed by atoms with Crippen LogP contribution in [0.3, 0.4) is 0 Å². The summed E-state index contributed by atoms with van der Waals surface area (Å²) in [4.78, 5) is 12.1. The summed E-state index contributed by atoms with van der Waals surface area (Å²) >= 11 is 0. The minimum absolute atomic E-state index is 0.570. The SMILES string of the molecule is COc1cc2c(cc1OC)CN(Cc1cnc(NCC3CCCCC3)n3nc(-c4ccco4)nc13)CC2. The molecule has 1 saturated carbocycles. The van der Waals surface area contributed by atoms with E-state index in [4.69, 9.17) is 29.0 Å². The van der Waals surface area contributed by atoms with Gasteiger partial charge in [0.25, 0.3) is 0 Å². The van der Waals surface area contributed by atoms with Crippen molar-refractivity contribution in [3.05, 3.63) is 53.4 Å². The predicted molar refractivity (Wildman–Crippen MR) is 141 cm³/mol. The Balaban J connectivity index is 1.27. The van der Waals surface area contributed by atoms with Gasteiger partial charge in [-0.05, 0) is 60.6 Å². The molecule has 0 amide bonds. The number of methoxy groups -OCH3 is 2. The largest absolute Gasteiger partial charge is 0.493 e. The van der Waals surface area contributed by atoms with E-state index < -0.39 is 0 Å². The Morgan fingerprint density at radius 3 is 2.65 bits per heavy atom. The van der Waals surface area contributed by atoms with Crippen LogP contribution in [0.1, 0.15) is 48.8 Å². The van der Waals surface area contributed by atoms with E-state index in [2.05, 4.69) is 22.3 Å². The van der Waals surface area contributed by atoms with Gasteiger partial charge >= 0.3 is 0 Å². The molecule has 2 aliphatic rings. The molecule has 0 spiro atoms.